The maximum absolute atomic E-state index is 12.2. The van der Waals surface area contributed by atoms with E-state index in [0.29, 0.717) is 24.5 Å². The fourth-order valence-electron chi connectivity index (χ4n) is 3.44. The molecule has 0 aromatic heterocycles. The van der Waals surface area contributed by atoms with Gasteiger partial charge in [-0.25, -0.2) is 0 Å². The molecule has 1 unspecified atom stereocenters. The molecule has 146 valence electrons. The Bertz CT molecular complexity index is 904. The molecule has 3 aromatic rings. The zero-order valence-corrected chi connectivity index (χ0v) is 16.5. The first-order valence-electron chi connectivity index (χ1n) is 9.31. The lowest BCUT2D eigenvalue weighted by atomic mass is 9.78. The van der Waals surface area contributed by atoms with Crippen molar-refractivity contribution in [2.45, 2.75) is 19.1 Å². The Morgan fingerprint density at radius 3 is 2.07 bits per heavy atom. The summed E-state index contributed by atoms with van der Waals surface area (Å²) in [4.78, 5) is 0. The number of aliphatic hydroxyl groups is 1. The smallest absolute Gasteiger partial charge is 0.144 e. The highest BCUT2D eigenvalue weighted by Crippen LogP contribution is 2.42. The van der Waals surface area contributed by atoms with Gasteiger partial charge in [0.25, 0.3) is 0 Å². The molecule has 1 N–H and O–H groups in total. The van der Waals surface area contributed by atoms with Crippen molar-refractivity contribution in [2.75, 3.05) is 20.8 Å². The molecule has 0 amide bonds. The summed E-state index contributed by atoms with van der Waals surface area (Å²) in [6.07, 6.45) is 0. The van der Waals surface area contributed by atoms with E-state index < -0.39 is 5.60 Å². The van der Waals surface area contributed by atoms with Crippen LogP contribution >= 0.6 is 0 Å². The number of rotatable bonds is 8. The number of hydrogen-bond donors (Lipinski definition) is 1. The molecule has 3 rings (SSSR count). The molecule has 0 fully saturated rings. The van der Waals surface area contributed by atoms with Crippen molar-refractivity contribution >= 4 is 0 Å². The number of ether oxygens (including phenoxy) is 3. The van der Waals surface area contributed by atoms with E-state index in [2.05, 4.69) is 0 Å². The van der Waals surface area contributed by atoms with Gasteiger partial charge in [-0.15, -0.1) is 0 Å². The molecule has 4 heteroatoms. The molecule has 3 aromatic carbocycles. The van der Waals surface area contributed by atoms with Crippen LogP contribution in [0.5, 0.6) is 11.5 Å². The Morgan fingerprint density at radius 1 is 0.786 bits per heavy atom. The van der Waals surface area contributed by atoms with E-state index in [1.165, 1.54) is 0 Å². The summed E-state index contributed by atoms with van der Waals surface area (Å²) in [6.45, 7) is 2.97. The van der Waals surface area contributed by atoms with Gasteiger partial charge in [-0.05, 0) is 41.8 Å². The van der Waals surface area contributed by atoms with Gasteiger partial charge in [0.05, 0.1) is 20.8 Å². The van der Waals surface area contributed by atoms with Crippen LogP contribution in [0.1, 0.15) is 29.2 Å². The molecule has 0 saturated heterocycles. The van der Waals surface area contributed by atoms with Crippen LogP contribution in [0.2, 0.25) is 0 Å². The van der Waals surface area contributed by atoms with E-state index in [-0.39, 0.29) is 0 Å². The van der Waals surface area contributed by atoms with E-state index in [9.17, 15) is 5.11 Å². The molecule has 0 aliphatic rings. The normalized spacial score (nSPS) is 13.0. The molecule has 0 heterocycles. The molecule has 4 nitrogen and oxygen atoms in total. The summed E-state index contributed by atoms with van der Waals surface area (Å²) in [5.41, 5.74) is 1.67. The van der Waals surface area contributed by atoms with Crippen molar-refractivity contribution in [3.05, 3.63) is 95.1 Å². The second-order valence-corrected chi connectivity index (χ2v) is 6.43. The quantitative estimate of drug-likeness (QED) is 0.585. The van der Waals surface area contributed by atoms with Crippen molar-refractivity contribution in [2.24, 2.45) is 0 Å². The number of hydrogen-bond acceptors (Lipinski definition) is 4. The first-order valence-corrected chi connectivity index (χ1v) is 9.31. The van der Waals surface area contributed by atoms with Gasteiger partial charge in [0, 0.05) is 12.2 Å². The first-order chi connectivity index (χ1) is 13.6. The molecule has 0 aliphatic heterocycles. The third kappa shape index (κ3) is 3.75. The summed E-state index contributed by atoms with van der Waals surface area (Å²) < 4.78 is 16.5. The van der Waals surface area contributed by atoms with Crippen molar-refractivity contribution in [3.63, 3.8) is 0 Å². The van der Waals surface area contributed by atoms with Gasteiger partial charge in [0.2, 0.25) is 0 Å². The fourth-order valence-corrected chi connectivity index (χ4v) is 3.44. The predicted octanol–water partition coefficient (Wildman–Crippen LogP) is 4.52. The molecular formula is C24H26O4. The average molecular weight is 378 g/mol. The lowest BCUT2D eigenvalue weighted by Gasteiger charge is -2.33. The maximum Gasteiger partial charge on any atom is 0.144 e. The SMILES string of the molecule is CCOCc1ccccc1C(O)(c1ccc(OC)cc1)c1ccccc1OC. The van der Waals surface area contributed by atoms with Crippen LogP contribution in [0.4, 0.5) is 0 Å². The van der Waals surface area contributed by atoms with Crippen molar-refractivity contribution in [3.8, 4) is 11.5 Å². The van der Waals surface area contributed by atoms with Gasteiger partial charge >= 0.3 is 0 Å². The van der Waals surface area contributed by atoms with Gasteiger partial charge in [0.15, 0.2) is 0 Å². The molecular weight excluding hydrogens is 352 g/mol. The van der Waals surface area contributed by atoms with Crippen LogP contribution in [0.15, 0.2) is 72.8 Å². The van der Waals surface area contributed by atoms with Gasteiger partial charge in [0.1, 0.15) is 17.1 Å². The molecule has 0 spiro atoms. The highest BCUT2D eigenvalue weighted by atomic mass is 16.5. The number of benzene rings is 3. The third-order valence-electron chi connectivity index (χ3n) is 4.87. The van der Waals surface area contributed by atoms with Crippen LogP contribution in [0.25, 0.3) is 0 Å². The van der Waals surface area contributed by atoms with Crippen molar-refractivity contribution in [1.29, 1.82) is 0 Å². The lowest BCUT2D eigenvalue weighted by Crippen LogP contribution is -2.31. The van der Waals surface area contributed by atoms with Crippen LogP contribution in [-0.4, -0.2) is 25.9 Å². The fraction of sp³-hybridized carbons (Fsp3) is 0.250. The van der Waals surface area contributed by atoms with Crippen LogP contribution < -0.4 is 9.47 Å². The van der Waals surface area contributed by atoms with Crippen LogP contribution in [0, 0.1) is 0 Å². The Balaban J connectivity index is 2.26. The van der Waals surface area contributed by atoms with Crippen LogP contribution in [0.3, 0.4) is 0 Å². The average Bonchev–Trinajstić information content (AvgIpc) is 2.77. The Labute approximate surface area is 166 Å². The molecule has 0 saturated carbocycles. The Kier molecular flexibility index (Phi) is 6.34. The number of para-hydroxylation sites is 1. The van der Waals surface area contributed by atoms with E-state index in [4.69, 9.17) is 14.2 Å². The maximum atomic E-state index is 12.2. The highest BCUT2D eigenvalue weighted by molar-refractivity contribution is 5.55. The van der Waals surface area contributed by atoms with Gasteiger partial charge in [-0.3, -0.25) is 0 Å². The monoisotopic (exact) mass is 378 g/mol. The van der Waals surface area contributed by atoms with E-state index in [0.717, 1.165) is 22.4 Å². The Hall–Kier alpha value is -2.82. The highest BCUT2D eigenvalue weighted by Gasteiger charge is 2.38. The largest absolute Gasteiger partial charge is 0.497 e. The van der Waals surface area contributed by atoms with E-state index in [1.807, 2.05) is 79.7 Å². The lowest BCUT2D eigenvalue weighted by molar-refractivity contribution is 0.108. The van der Waals surface area contributed by atoms with E-state index >= 15 is 0 Å². The predicted molar refractivity (Wildman–Crippen MR) is 110 cm³/mol. The topological polar surface area (TPSA) is 47.9 Å². The summed E-state index contributed by atoms with van der Waals surface area (Å²) in [5.74, 6) is 1.35. The molecule has 1 atom stereocenters. The molecule has 28 heavy (non-hydrogen) atoms. The standard InChI is InChI=1S/C24H26O4/c1-4-28-17-18-9-5-6-10-21(18)24(25,19-13-15-20(26-2)16-14-19)22-11-7-8-12-23(22)27-3/h5-16,25H,4,17H2,1-3H3. The summed E-state index contributed by atoms with van der Waals surface area (Å²) in [7, 11) is 3.23. The molecule has 0 bridgehead atoms. The molecule has 0 aliphatic carbocycles. The summed E-state index contributed by atoms with van der Waals surface area (Å²) >= 11 is 0. The zero-order chi connectivity index (χ0) is 20.0. The van der Waals surface area contributed by atoms with Crippen molar-refractivity contribution in [1.82, 2.24) is 0 Å². The minimum absolute atomic E-state index is 0.417. The van der Waals surface area contributed by atoms with Gasteiger partial charge in [-0.1, -0.05) is 54.6 Å². The van der Waals surface area contributed by atoms with Crippen molar-refractivity contribution < 1.29 is 19.3 Å². The number of methoxy groups -OCH3 is 2. The minimum atomic E-state index is -1.41. The van der Waals surface area contributed by atoms with Crippen LogP contribution in [-0.2, 0) is 16.9 Å². The summed E-state index contributed by atoms with van der Waals surface area (Å²) in [5, 5.41) is 12.2. The molecule has 0 radical (unpaired) electrons. The first kappa shape index (κ1) is 19.9. The minimum Gasteiger partial charge on any atom is -0.497 e. The summed E-state index contributed by atoms with van der Waals surface area (Å²) in [6, 6.07) is 22.8. The third-order valence-corrected chi connectivity index (χ3v) is 4.87. The zero-order valence-electron chi connectivity index (χ0n) is 16.5. The van der Waals surface area contributed by atoms with Gasteiger partial charge < -0.3 is 19.3 Å². The van der Waals surface area contributed by atoms with Gasteiger partial charge in [-0.2, -0.15) is 0 Å². The van der Waals surface area contributed by atoms with E-state index in [1.54, 1.807) is 14.2 Å². The Morgan fingerprint density at radius 2 is 1.43 bits per heavy atom. The second kappa shape index (κ2) is 8.91. The second-order valence-electron chi connectivity index (χ2n) is 6.43.